The number of piperazine rings is 1. The molecule has 0 spiro atoms. The summed E-state index contributed by atoms with van der Waals surface area (Å²) in [6.07, 6.45) is 0. The molecule has 4 rings (SSSR count). The number of ether oxygens (including phenoxy) is 4. The highest BCUT2D eigenvalue weighted by molar-refractivity contribution is 5.98. The third-order valence-corrected chi connectivity index (χ3v) is 5.64. The number of rotatable bonds is 7. The number of carbonyl (C=O) groups excluding carboxylic acids is 2. The molecule has 2 aliphatic heterocycles. The second-order valence-corrected chi connectivity index (χ2v) is 7.50. The molecule has 1 saturated heterocycles. The molecule has 0 radical (unpaired) electrons. The van der Waals surface area contributed by atoms with Gasteiger partial charge in [-0.1, -0.05) is 6.07 Å². The van der Waals surface area contributed by atoms with E-state index in [4.69, 9.17) is 18.9 Å². The van der Waals surface area contributed by atoms with Crippen LogP contribution in [0.4, 0.5) is 0 Å². The van der Waals surface area contributed by atoms with Gasteiger partial charge in [0.25, 0.3) is 11.8 Å². The van der Waals surface area contributed by atoms with Crippen molar-refractivity contribution in [2.75, 3.05) is 60.3 Å². The number of nitrogens with one attached hydrogen (secondary N) is 1. The van der Waals surface area contributed by atoms with Crippen LogP contribution < -0.4 is 24.3 Å². The number of carbonyl (C=O) groups is 2. The Morgan fingerprint density at radius 3 is 2.53 bits per heavy atom. The highest BCUT2D eigenvalue weighted by Gasteiger charge is 2.25. The summed E-state index contributed by atoms with van der Waals surface area (Å²) < 4.78 is 21.3. The molecule has 0 aliphatic carbocycles. The molecular formula is C23H27N3O6. The molecule has 170 valence electrons. The molecule has 1 N–H and O–H groups in total. The van der Waals surface area contributed by atoms with Crippen molar-refractivity contribution >= 4 is 11.8 Å². The molecule has 0 saturated carbocycles. The predicted octanol–water partition coefficient (Wildman–Crippen LogP) is 1.62. The summed E-state index contributed by atoms with van der Waals surface area (Å²) in [4.78, 5) is 29.4. The van der Waals surface area contributed by atoms with Crippen molar-refractivity contribution in [2.24, 2.45) is 0 Å². The highest BCUT2D eigenvalue weighted by Crippen LogP contribution is 2.33. The molecule has 32 heavy (non-hydrogen) atoms. The fourth-order valence-corrected chi connectivity index (χ4v) is 3.87. The largest absolute Gasteiger partial charge is 0.493 e. The number of methoxy groups -OCH3 is 2. The van der Waals surface area contributed by atoms with Crippen molar-refractivity contribution < 1.29 is 28.5 Å². The van der Waals surface area contributed by atoms with Gasteiger partial charge in [-0.2, -0.15) is 0 Å². The fourth-order valence-electron chi connectivity index (χ4n) is 3.87. The molecule has 2 heterocycles. The van der Waals surface area contributed by atoms with E-state index in [-0.39, 0.29) is 18.6 Å². The molecular weight excluding hydrogens is 414 g/mol. The van der Waals surface area contributed by atoms with E-state index in [0.29, 0.717) is 60.3 Å². The average molecular weight is 441 g/mol. The second-order valence-electron chi connectivity index (χ2n) is 7.50. The van der Waals surface area contributed by atoms with E-state index in [9.17, 15) is 9.59 Å². The van der Waals surface area contributed by atoms with Crippen LogP contribution in [0.25, 0.3) is 0 Å². The van der Waals surface area contributed by atoms with Crippen LogP contribution in [-0.4, -0.2) is 81.9 Å². The van der Waals surface area contributed by atoms with Crippen LogP contribution in [0.1, 0.15) is 20.7 Å². The van der Waals surface area contributed by atoms with Crippen molar-refractivity contribution in [3.05, 3.63) is 47.5 Å². The summed E-state index contributed by atoms with van der Waals surface area (Å²) in [6.45, 7) is 4.09. The van der Waals surface area contributed by atoms with E-state index in [1.807, 2.05) is 4.90 Å². The van der Waals surface area contributed by atoms with E-state index in [2.05, 4.69) is 10.2 Å². The van der Waals surface area contributed by atoms with Gasteiger partial charge in [-0.15, -0.1) is 0 Å². The highest BCUT2D eigenvalue weighted by atomic mass is 16.7. The standard InChI is InChI=1S/C23H27N3O6/c1-29-19-5-3-4-17(21(19)30-2)23(28)26-12-10-25(11-13-26)9-8-24-22(27)16-6-7-18-20(14-16)32-15-31-18/h3-7,14H,8-13,15H2,1-2H3,(H,24,27). The first-order valence-electron chi connectivity index (χ1n) is 10.5. The summed E-state index contributed by atoms with van der Waals surface area (Å²) >= 11 is 0. The third-order valence-electron chi connectivity index (χ3n) is 5.64. The maximum Gasteiger partial charge on any atom is 0.257 e. The van der Waals surface area contributed by atoms with Gasteiger partial charge in [0.2, 0.25) is 6.79 Å². The smallest absolute Gasteiger partial charge is 0.257 e. The SMILES string of the molecule is COc1cccc(C(=O)N2CCN(CCNC(=O)c3ccc4c(c3)OCO4)CC2)c1OC. The number of nitrogens with zero attached hydrogens (tertiary/aromatic N) is 2. The number of hydrogen-bond acceptors (Lipinski definition) is 7. The van der Waals surface area contributed by atoms with Crippen LogP contribution in [0.5, 0.6) is 23.0 Å². The Morgan fingerprint density at radius 2 is 1.78 bits per heavy atom. The van der Waals surface area contributed by atoms with E-state index in [0.717, 1.165) is 13.1 Å². The molecule has 0 aromatic heterocycles. The average Bonchev–Trinajstić information content (AvgIpc) is 3.31. The third kappa shape index (κ3) is 4.57. The van der Waals surface area contributed by atoms with Gasteiger partial charge >= 0.3 is 0 Å². The molecule has 9 heteroatoms. The molecule has 1 fully saturated rings. The molecule has 0 bridgehead atoms. The van der Waals surface area contributed by atoms with Gasteiger partial charge < -0.3 is 29.2 Å². The maximum atomic E-state index is 13.0. The number of hydrogen-bond donors (Lipinski definition) is 1. The Morgan fingerprint density at radius 1 is 1.00 bits per heavy atom. The normalized spacial score (nSPS) is 15.4. The van der Waals surface area contributed by atoms with Crippen LogP contribution in [0.3, 0.4) is 0 Å². The van der Waals surface area contributed by atoms with Crippen LogP contribution in [0.15, 0.2) is 36.4 Å². The lowest BCUT2D eigenvalue weighted by molar-refractivity contribution is 0.0634. The Balaban J connectivity index is 1.25. The monoisotopic (exact) mass is 441 g/mol. The van der Waals surface area contributed by atoms with Crippen LogP contribution in [0.2, 0.25) is 0 Å². The lowest BCUT2D eigenvalue weighted by atomic mass is 10.1. The Labute approximate surface area is 186 Å². The Kier molecular flexibility index (Phi) is 6.65. The predicted molar refractivity (Wildman–Crippen MR) is 117 cm³/mol. The van der Waals surface area contributed by atoms with E-state index < -0.39 is 0 Å². The maximum absolute atomic E-state index is 13.0. The molecule has 9 nitrogen and oxygen atoms in total. The Hall–Kier alpha value is -3.46. The topological polar surface area (TPSA) is 89.6 Å². The first-order valence-corrected chi connectivity index (χ1v) is 10.5. The quantitative estimate of drug-likeness (QED) is 0.698. The minimum Gasteiger partial charge on any atom is -0.493 e. The fraction of sp³-hybridized carbons (Fsp3) is 0.391. The van der Waals surface area contributed by atoms with Gasteiger partial charge in [0.1, 0.15) is 0 Å². The summed E-state index contributed by atoms with van der Waals surface area (Å²) in [6, 6.07) is 10.5. The minimum absolute atomic E-state index is 0.0727. The first kappa shape index (κ1) is 21.8. The minimum atomic E-state index is -0.151. The zero-order valence-corrected chi connectivity index (χ0v) is 18.3. The summed E-state index contributed by atoms with van der Waals surface area (Å²) in [7, 11) is 3.08. The van der Waals surface area contributed by atoms with E-state index in [1.54, 1.807) is 43.5 Å². The number of amides is 2. The summed E-state index contributed by atoms with van der Waals surface area (Å²) in [5, 5.41) is 2.94. The van der Waals surface area contributed by atoms with Crippen LogP contribution in [-0.2, 0) is 0 Å². The van der Waals surface area contributed by atoms with E-state index in [1.165, 1.54) is 7.11 Å². The van der Waals surface area contributed by atoms with Gasteiger partial charge in [-0.3, -0.25) is 14.5 Å². The molecule has 0 unspecified atom stereocenters. The number of fused-ring (bicyclic) bond motifs is 1. The Bertz CT molecular complexity index is 988. The molecule has 2 aromatic rings. The lowest BCUT2D eigenvalue weighted by Gasteiger charge is -2.35. The van der Waals surface area contributed by atoms with Gasteiger partial charge in [-0.05, 0) is 30.3 Å². The van der Waals surface area contributed by atoms with Crippen LogP contribution >= 0.6 is 0 Å². The zero-order valence-electron chi connectivity index (χ0n) is 18.3. The second kappa shape index (κ2) is 9.78. The summed E-state index contributed by atoms with van der Waals surface area (Å²) in [5.41, 5.74) is 1.04. The summed E-state index contributed by atoms with van der Waals surface area (Å²) in [5.74, 6) is 2.01. The van der Waals surface area contributed by atoms with Crippen molar-refractivity contribution in [3.63, 3.8) is 0 Å². The van der Waals surface area contributed by atoms with Gasteiger partial charge in [0.15, 0.2) is 23.0 Å². The zero-order chi connectivity index (χ0) is 22.5. The van der Waals surface area contributed by atoms with E-state index >= 15 is 0 Å². The molecule has 2 aliphatic rings. The van der Waals surface area contributed by atoms with Crippen molar-refractivity contribution in [1.29, 1.82) is 0 Å². The van der Waals surface area contributed by atoms with Crippen LogP contribution in [0, 0.1) is 0 Å². The number of para-hydroxylation sites is 1. The lowest BCUT2D eigenvalue weighted by Crippen LogP contribution is -2.50. The van der Waals surface area contributed by atoms with Gasteiger partial charge in [-0.25, -0.2) is 0 Å². The van der Waals surface area contributed by atoms with Gasteiger partial charge in [0.05, 0.1) is 19.8 Å². The first-order chi connectivity index (χ1) is 15.6. The van der Waals surface area contributed by atoms with Crippen molar-refractivity contribution in [3.8, 4) is 23.0 Å². The number of benzene rings is 2. The van der Waals surface area contributed by atoms with Gasteiger partial charge in [0, 0.05) is 44.8 Å². The molecule has 2 amide bonds. The molecule has 2 aromatic carbocycles. The van der Waals surface area contributed by atoms with Crippen molar-refractivity contribution in [2.45, 2.75) is 0 Å². The van der Waals surface area contributed by atoms with Crippen molar-refractivity contribution in [1.82, 2.24) is 15.1 Å². The molecule has 0 atom stereocenters.